The molecule has 13 heavy (non-hydrogen) atoms. The Balaban J connectivity index is 2.88. The first-order chi connectivity index (χ1) is 6.07. The molecule has 0 aliphatic heterocycles. The van der Waals surface area contributed by atoms with E-state index in [-0.39, 0.29) is 6.10 Å². The molecule has 2 atom stereocenters. The highest BCUT2D eigenvalue weighted by Crippen LogP contribution is 2.25. The SMILES string of the molecule is CCC(C)C(O)c1cnn(C)c1C. The van der Waals surface area contributed by atoms with Gasteiger partial charge in [0.25, 0.3) is 0 Å². The van der Waals surface area contributed by atoms with Crippen molar-refractivity contribution < 1.29 is 5.11 Å². The summed E-state index contributed by atoms with van der Waals surface area (Å²) in [5.41, 5.74) is 2.00. The van der Waals surface area contributed by atoms with E-state index in [1.54, 1.807) is 10.9 Å². The number of hydrogen-bond donors (Lipinski definition) is 1. The lowest BCUT2D eigenvalue weighted by atomic mass is 9.96. The first-order valence-corrected chi connectivity index (χ1v) is 4.74. The topological polar surface area (TPSA) is 38.1 Å². The van der Waals surface area contributed by atoms with Crippen LogP contribution in [0.2, 0.25) is 0 Å². The molecule has 74 valence electrons. The predicted octanol–water partition coefficient (Wildman–Crippen LogP) is 1.81. The minimum Gasteiger partial charge on any atom is -0.388 e. The van der Waals surface area contributed by atoms with Crippen LogP contribution >= 0.6 is 0 Å². The third kappa shape index (κ3) is 1.91. The van der Waals surface area contributed by atoms with Crippen molar-refractivity contribution in [2.75, 3.05) is 0 Å². The van der Waals surface area contributed by atoms with Crippen LogP contribution in [0.1, 0.15) is 37.6 Å². The number of aryl methyl sites for hydroxylation is 1. The molecule has 1 aromatic rings. The Hall–Kier alpha value is -0.830. The molecule has 3 heteroatoms. The molecule has 1 heterocycles. The second-order valence-corrected chi connectivity index (χ2v) is 3.64. The largest absolute Gasteiger partial charge is 0.388 e. The van der Waals surface area contributed by atoms with Gasteiger partial charge in [-0.2, -0.15) is 5.10 Å². The van der Waals surface area contributed by atoms with Crippen molar-refractivity contribution >= 4 is 0 Å². The highest BCUT2D eigenvalue weighted by Gasteiger charge is 2.18. The van der Waals surface area contributed by atoms with Gasteiger partial charge in [0.2, 0.25) is 0 Å². The van der Waals surface area contributed by atoms with Crippen LogP contribution in [0, 0.1) is 12.8 Å². The minimum absolute atomic E-state index is 0.294. The van der Waals surface area contributed by atoms with Crippen LogP contribution in [0.5, 0.6) is 0 Å². The fourth-order valence-electron chi connectivity index (χ4n) is 1.34. The van der Waals surface area contributed by atoms with E-state index in [4.69, 9.17) is 0 Å². The second-order valence-electron chi connectivity index (χ2n) is 3.64. The monoisotopic (exact) mass is 182 g/mol. The zero-order chi connectivity index (χ0) is 10.0. The summed E-state index contributed by atoms with van der Waals surface area (Å²) in [6.07, 6.45) is 2.36. The first-order valence-electron chi connectivity index (χ1n) is 4.74. The van der Waals surface area contributed by atoms with Crippen molar-refractivity contribution in [1.29, 1.82) is 0 Å². The Bertz CT molecular complexity index is 280. The maximum Gasteiger partial charge on any atom is 0.0848 e. The van der Waals surface area contributed by atoms with Crippen LogP contribution in [0.3, 0.4) is 0 Å². The lowest BCUT2D eigenvalue weighted by Gasteiger charge is -2.16. The number of aliphatic hydroxyl groups excluding tert-OH is 1. The minimum atomic E-state index is -0.376. The summed E-state index contributed by atoms with van der Waals surface area (Å²) in [4.78, 5) is 0. The summed E-state index contributed by atoms with van der Waals surface area (Å²) in [6.45, 7) is 6.12. The van der Waals surface area contributed by atoms with Gasteiger partial charge in [0.1, 0.15) is 0 Å². The molecule has 0 saturated heterocycles. The van der Waals surface area contributed by atoms with E-state index in [9.17, 15) is 5.11 Å². The van der Waals surface area contributed by atoms with Crippen LogP contribution in [-0.2, 0) is 7.05 Å². The average Bonchev–Trinajstić information content (AvgIpc) is 2.45. The molecule has 0 amide bonds. The molecule has 0 aliphatic rings. The summed E-state index contributed by atoms with van der Waals surface area (Å²) in [5, 5.41) is 14.0. The number of hydrogen-bond acceptors (Lipinski definition) is 2. The molecule has 0 aromatic carbocycles. The zero-order valence-corrected chi connectivity index (χ0v) is 8.78. The molecular weight excluding hydrogens is 164 g/mol. The molecule has 1 rings (SSSR count). The molecule has 0 aliphatic carbocycles. The summed E-state index contributed by atoms with van der Waals surface area (Å²) in [5.74, 6) is 0.294. The van der Waals surface area contributed by atoms with Gasteiger partial charge in [-0.25, -0.2) is 0 Å². The van der Waals surface area contributed by atoms with Gasteiger partial charge in [0.15, 0.2) is 0 Å². The van der Waals surface area contributed by atoms with Gasteiger partial charge in [-0.1, -0.05) is 20.3 Å². The summed E-state index contributed by atoms with van der Waals surface area (Å²) in [6, 6.07) is 0. The van der Waals surface area contributed by atoms with Crippen molar-refractivity contribution in [2.45, 2.75) is 33.3 Å². The van der Waals surface area contributed by atoms with E-state index >= 15 is 0 Å². The molecule has 0 radical (unpaired) electrons. The lowest BCUT2D eigenvalue weighted by molar-refractivity contribution is 0.115. The fraction of sp³-hybridized carbons (Fsp3) is 0.700. The van der Waals surface area contributed by atoms with E-state index < -0.39 is 0 Å². The lowest BCUT2D eigenvalue weighted by Crippen LogP contribution is -2.09. The molecule has 2 unspecified atom stereocenters. The van der Waals surface area contributed by atoms with E-state index in [0.29, 0.717) is 5.92 Å². The Morgan fingerprint density at radius 3 is 2.62 bits per heavy atom. The maximum absolute atomic E-state index is 9.93. The third-order valence-corrected chi connectivity index (χ3v) is 2.77. The Labute approximate surface area is 79.4 Å². The molecule has 0 fully saturated rings. The predicted molar refractivity (Wildman–Crippen MR) is 52.4 cm³/mol. The zero-order valence-electron chi connectivity index (χ0n) is 8.78. The van der Waals surface area contributed by atoms with E-state index in [0.717, 1.165) is 17.7 Å². The van der Waals surface area contributed by atoms with Crippen LogP contribution in [-0.4, -0.2) is 14.9 Å². The molecule has 1 N–H and O–H groups in total. The van der Waals surface area contributed by atoms with Gasteiger partial charge in [-0.15, -0.1) is 0 Å². The normalized spacial score (nSPS) is 15.8. The van der Waals surface area contributed by atoms with Crippen molar-refractivity contribution in [1.82, 2.24) is 9.78 Å². The van der Waals surface area contributed by atoms with Gasteiger partial charge < -0.3 is 5.11 Å². The van der Waals surface area contributed by atoms with Crippen molar-refractivity contribution in [3.8, 4) is 0 Å². The van der Waals surface area contributed by atoms with Crippen LogP contribution in [0.4, 0.5) is 0 Å². The quantitative estimate of drug-likeness (QED) is 0.774. The highest BCUT2D eigenvalue weighted by molar-refractivity contribution is 5.19. The van der Waals surface area contributed by atoms with Crippen molar-refractivity contribution in [3.05, 3.63) is 17.5 Å². The molecule has 1 aromatic heterocycles. The number of nitrogens with zero attached hydrogens (tertiary/aromatic N) is 2. The van der Waals surface area contributed by atoms with Gasteiger partial charge >= 0.3 is 0 Å². The van der Waals surface area contributed by atoms with Gasteiger partial charge in [-0.05, 0) is 12.8 Å². The number of aliphatic hydroxyl groups is 1. The van der Waals surface area contributed by atoms with E-state index in [2.05, 4.69) is 18.9 Å². The standard InChI is InChI=1S/C10H18N2O/c1-5-7(2)10(13)9-6-11-12(4)8(9)3/h6-7,10,13H,5H2,1-4H3. The maximum atomic E-state index is 9.93. The van der Waals surface area contributed by atoms with Crippen LogP contribution in [0.15, 0.2) is 6.20 Å². The van der Waals surface area contributed by atoms with Crippen LogP contribution < -0.4 is 0 Å². The molecule has 0 spiro atoms. The Kier molecular flexibility index (Phi) is 3.09. The molecule has 0 bridgehead atoms. The van der Waals surface area contributed by atoms with E-state index in [1.807, 2.05) is 14.0 Å². The number of rotatable bonds is 3. The van der Waals surface area contributed by atoms with Gasteiger partial charge in [0.05, 0.1) is 12.3 Å². The second kappa shape index (κ2) is 3.92. The average molecular weight is 182 g/mol. The summed E-state index contributed by atoms with van der Waals surface area (Å²) >= 11 is 0. The number of aromatic nitrogens is 2. The Morgan fingerprint density at radius 1 is 1.62 bits per heavy atom. The molecule has 3 nitrogen and oxygen atoms in total. The van der Waals surface area contributed by atoms with Crippen molar-refractivity contribution in [2.24, 2.45) is 13.0 Å². The van der Waals surface area contributed by atoms with E-state index in [1.165, 1.54) is 0 Å². The first kappa shape index (κ1) is 10.3. The fourth-order valence-corrected chi connectivity index (χ4v) is 1.34. The third-order valence-electron chi connectivity index (χ3n) is 2.77. The smallest absolute Gasteiger partial charge is 0.0848 e. The highest BCUT2D eigenvalue weighted by atomic mass is 16.3. The molecule has 0 saturated carbocycles. The van der Waals surface area contributed by atoms with Gasteiger partial charge in [0, 0.05) is 18.3 Å². The van der Waals surface area contributed by atoms with Crippen LogP contribution in [0.25, 0.3) is 0 Å². The molecular formula is C10H18N2O. The summed E-state index contributed by atoms with van der Waals surface area (Å²) in [7, 11) is 1.89. The van der Waals surface area contributed by atoms with Crippen molar-refractivity contribution in [3.63, 3.8) is 0 Å². The van der Waals surface area contributed by atoms with Gasteiger partial charge in [-0.3, -0.25) is 4.68 Å². The summed E-state index contributed by atoms with van der Waals surface area (Å²) < 4.78 is 1.79. The Morgan fingerprint density at radius 2 is 2.23 bits per heavy atom.